The van der Waals surface area contributed by atoms with E-state index in [2.05, 4.69) is 5.32 Å². The van der Waals surface area contributed by atoms with Gasteiger partial charge in [0.05, 0.1) is 18.5 Å². The first-order chi connectivity index (χ1) is 14.8. The van der Waals surface area contributed by atoms with Gasteiger partial charge in [0.15, 0.2) is 5.78 Å². The molecule has 0 aromatic heterocycles. The number of amides is 2. The van der Waals surface area contributed by atoms with Crippen LogP contribution in [-0.4, -0.2) is 47.7 Å². The van der Waals surface area contributed by atoms with Crippen LogP contribution in [0.3, 0.4) is 0 Å². The maximum Gasteiger partial charge on any atom is 0.251 e. The molecule has 6 nitrogen and oxygen atoms in total. The number of ether oxygens (including phenoxy) is 1. The second kappa shape index (κ2) is 8.35. The number of aryl methyl sites for hydroxylation is 2. The molecule has 2 aromatic rings. The molecule has 1 N–H and O–H groups in total. The van der Waals surface area contributed by atoms with Gasteiger partial charge in [-0.2, -0.15) is 0 Å². The van der Waals surface area contributed by atoms with Crippen molar-refractivity contribution < 1.29 is 19.1 Å². The summed E-state index contributed by atoms with van der Waals surface area (Å²) in [6, 6.07) is 10.4. The summed E-state index contributed by atoms with van der Waals surface area (Å²) >= 11 is 5.84. The Labute approximate surface area is 186 Å². The summed E-state index contributed by atoms with van der Waals surface area (Å²) in [5.74, 6) is 0.297. The topological polar surface area (TPSA) is 75.7 Å². The van der Waals surface area contributed by atoms with Crippen LogP contribution in [0.2, 0.25) is 5.02 Å². The highest BCUT2D eigenvalue weighted by Gasteiger charge is 2.44. The minimum Gasteiger partial charge on any atom is -0.486 e. The van der Waals surface area contributed by atoms with E-state index in [1.807, 2.05) is 26.0 Å². The van der Waals surface area contributed by atoms with Crippen molar-refractivity contribution in [3.05, 3.63) is 63.7 Å². The van der Waals surface area contributed by atoms with Crippen LogP contribution in [0.15, 0.2) is 36.4 Å². The normalized spacial score (nSPS) is 17.1. The fourth-order valence-corrected chi connectivity index (χ4v) is 4.56. The average molecular weight is 441 g/mol. The maximum absolute atomic E-state index is 12.8. The van der Waals surface area contributed by atoms with Crippen molar-refractivity contribution in [2.75, 3.05) is 19.6 Å². The van der Waals surface area contributed by atoms with Crippen molar-refractivity contribution in [1.82, 2.24) is 10.2 Å². The highest BCUT2D eigenvalue weighted by atomic mass is 35.5. The number of rotatable bonds is 3. The van der Waals surface area contributed by atoms with Crippen molar-refractivity contribution in [2.24, 2.45) is 0 Å². The Kier molecular flexibility index (Phi) is 5.75. The molecule has 2 aromatic carbocycles. The predicted molar refractivity (Wildman–Crippen MR) is 118 cm³/mol. The number of carbonyl (C=O) groups is 3. The van der Waals surface area contributed by atoms with Gasteiger partial charge in [-0.15, -0.1) is 0 Å². The Morgan fingerprint density at radius 2 is 1.81 bits per heavy atom. The summed E-state index contributed by atoms with van der Waals surface area (Å²) in [5.41, 5.74) is 2.57. The van der Waals surface area contributed by atoms with Crippen LogP contribution in [0.4, 0.5) is 0 Å². The summed E-state index contributed by atoms with van der Waals surface area (Å²) in [5, 5.41) is 3.21. The van der Waals surface area contributed by atoms with Gasteiger partial charge in [0, 0.05) is 36.5 Å². The molecule has 7 heteroatoms. The highest BCUT2D eigenvalue weighted by molar-refractivity contribution is 6.30. The van der Waals surface area contributed by atoms with Crippen LogP contribution in [-0.2, 0) is 4.79 Å². The highest BCUT2D eigenvalue weighted by Crippen LogP contribution is 2.41. The summed E-state index contributed by atoms with van der Waals surface area (Å²) in [4.78, 5) is 39.3. The third kappa shape index (κ3) is 4.44. The first-order valence-electron chi connectivity index (χ1n) is 10.4. The maximum atomic E-state index is 12.8. The standard InChI is InChI=1S/C24H25ClN2O4/c1-15-11-16(2)22-19(28)13-24(31-20(22)12-15)7-9-27(10-8-24)21(29)14-26-23(30)17-3-5-18(25)6-4-17/h3-6,11-12H,7-10,13-14H2,1-2H3,(H,26,30). The zero-order valence-electron chi connectivity index (χ0n) is 17.7. The number of nitrogens with zero attached hydrogens (tertiary/aromatic N) is 1. The van der Waals surface area contributed by atoms with Gasteiger partial charge in [0.25, 0.3) is 5.91 Å². The van der Waals surface area contributed by atoms with E-state index in [-0.39, 0.29) is 24.1 Å². The van der Waals surface area contributed by atoms with E-state index >= 15 is 0 Å². The number of hydrogen-bond acceptors (Lipinski definition) is 4. The number of hydrogen-bond donors (Lipinski definition) is 1. The number of ketones is 1. The Bertz CT molecular complexity index is 1040. The van der Waals surface area contributed by atoms with Gasteiger partial charge in [0.2, 0.25) is 5.91 Å². The van der Waals surface area contributed by atoms with Crippen LogP contribution in [0.25, 0.3) is 0 Å². The molecule has 0 bridgehead atoms. The molecular formula is C24H25ClN2O4. The molecule has 2 heterocycles. The van der Waals surface area contributed by atoms with Crippen molar-refractivity contribution in [2.45, 2.75) is 38.7 Å². The van der Waals surface area contributed by atoms with Gasteiger partial charge in [0.1, 0.15) is 11.4 Å². The van der Waals surface area contributed by atoms with Gasteiger partial charge >= 0.3 is 0 Å². The van der Waals surface area contributed by atoms with Gasteiger partial charge in [-0.3, -0.25) is 14.4 Å². The van der Waals surface area contributed by atoms with E-state index in [4.69, 9.17) is 16.3 Å². The van der Waals surface area contributed by atoms with Crippen molar-refractivity contribution in [1.29, 1.82) is 0 Å². The number of Topliss-reactive ketones (excluding diaryl/α,β-unsaturated/α-hetero) is 1. The second-order valence-corrected chi connectivity index (χ2v) is 8.85. The summed E-state index contributed by atoms with van der Waals surface area (Å²) in [6.45, 7) is 4.83. The van der Waals surface area contributed by atoms with Gasteiger partial charge in [-0.1, -0.05) is 17.7 Å². The molecule has 2 aliphatic rings. The molecule has 1 fully saturated rings. The lowest BCUT2D eigenvalue weighted by Crippen LogP contribution is -2.53. The number of piperidine rings is 1. The lowest BCUT2D eigenvalue weighted by atomic mass is 9.81. The van der Waals surface area contributed by atoms with Crippen molar-refractivity contribution >= 4 is 29.2 Å². The minimum atomic E-state index is -0.562. The van der Waals surface area contributed by atoms with E-state index in [0.717, 1.165) is 11.1 Å². The molecule has 2 aliphatic heterocycles. The number of likely N-dealkylation sites (tertiary alicyclic amines) is 1. The molecule has 0 unspecified atom stereocenters. The summed E-state index contributed by atoms with van der Waals surface area (Å²) < 4.78 is 6.35. The Hall–Kier alpha value is -2.86. The zero-order chi connectivity index (χ0) is 22.2. The van der Waals surface area contributed by atoms with Crippen LogP contribution >= 0.6 is 11.6 Å². The van der Waals surface area contributed by atoms with E-state index in [0.29, 0.717) is 54.3 Å². The van der Waals surface area contributed by atoms with E-state index in [1.165, 1.54) is 0 Å². The molecule has 31 heavy (non-hydrogen) atoms. The predicted octanol–water partition coefficient (Wildman–Crippen LogP) is 3.71. The number of benzene rings is 2. The number of fused-ring (bicyclic) bond motifs is 1. The average Bonchev–Trinajstić information content (AvgIpc) is 2.72. The fourth-order valence-electron chi connectivity index (χ4n) is 4.43. The quantitative estimate of drug-likeness (QED) is 0.789. The van der Waals surface area contributed by atoms with Crippen molar-refractivity contribution in [3.8, 4) is 5.75 Å². The molecular weight excluding hydrogens is 416 g/mol. The molecule has 2 amide bonds. The Morgan fingerprint density at radius 3 is 2.48 bits per heavy atom. The van der Waals surface area contributed by atoms with Crippen LogP contribution < -0.4 is 10.1 Å². The molecule has 0 saturated carbocycles. The molecule has 0 radical (unpaired) electrons. The van der Waals surface area contributed by atoms with E-state index in [1.54, 1.807) is 29.2 Å². The minimum absolute atomic E-state index is 0.0739. The smallest absolute Gasteiger partial charge is 0.251 e. The van der Waals surface area contributed by atoms with Gasteiger partial charge < -0.3 is 15.0 Å². The molecule has 1 spiro atoms. The Morgan fingerprint density at radius 1 is 1.13 bits per heavy atom. The van der Waals surface area contributed by atoms with Gasteiger partial charge in [-0.25, -0.2) is 0 Å². The van der Waals surface area contributed by atoms with Crippen molar-refractivity contribution in [3.63, 3.8) is 0 Å². The first-order valence-corrected chi connectivity index (χ1v) is 10.8. The molecule has 162 valence electrons. The van der Waals surface area contributed by atoms with E-state index < -0.39 is 5.60 Å². The third-order valence-corrected chi connectivity index (χ3v) is 6.32. The number of nitrogens with one attached hydrogen (secondary N) is 1. The molecule has 4 rings (SSSR count). The first kappa shape index (κ1) is 21.4. The lowest BCUT2D eigenvalue weighted by Gasteiger charge is -2.44. The number of halogens is 1. The monoisotopic (exact) mass is 440 g/mol. The number of carbonyl (C=O) groups excluding carboxylic acids is 3. The summed E-state index contributed by atoms with van der Waals surface area (Å²) in [7, 11) is 0. The SMILES string of the molecule is Cc1cc(C)c2c(c1)OC1(CCN(C(=O)CNC(=O)c3ccc(Cl)cc3)CC1)CC2=O. The van der Waals surface area contributed by atoms with Crippen LogP contribution in [0, 0.1) is 13.8 Å². The zero-order valence-corrected chi connectivity index (χ0v) is 18.4. The molecule has 0 aliphatic carbocycles. The summed E-state index contributed by atoms with van der Waals surface area (Å²) in [6.07, 6.45) is 1.50. The molecule has 0 atom stereocenters. The fraction of sp³-hybridized carbons (Fsp3) is 0.375. The largest absolute Gasteiger partial charge is 0.486 e. The lowest BCUT2D eigenvalue weighted by molar-refractivity contribution is -0.133. The van der Waals surface area contributed by atoms with Crippen LogP contribution in [0.1, 0.15) is 51.1 Å². The third-order valence-electron chi connectivity index (χ3n) is 6.07. The molecule has 1 saturated heterocycles. The second-order valence-electron chi connectivity index (χ2n) is 8.41. The van der Waals surface area contributed by atoms with Crippen LogP contribution in [0.5, 0.6) is 5.75 Å². The van der Waals surface area contributed by atoms with E-state index in [9.17, 15) is 14.4 Å². The Balaban J connectivity index is 1.35. The van der Waals surface area contributed by atoms with Gasteiger partial charge in [-0.05, 0) is 55.3 Å².